The number of aryl methyl sites for hydroxylation is 4. The van der Waals surface area contributed by atoms with Crippen LogP contribution in [0, 0.1) is 13.8 Å². The fourth-order valence-electron chi connectivity index (χ4n) is 5.90. The summed E-state index contributed by atoms with van der Waals surface area (Å²) in [4.78, 5) is 0. The van der Waals surface area contributed by atoms with Gasteiger partial charge in [-0.05, 0) is 62.1 Å². The van der Waals surface area contributed by atoms with Crippen LogP contribution in [0.2, 0.25) is 0 Å². The van der Waals surface area contributed by atoms with Crippen LogP contribution in [-0.4, -0.2) is 0 Å². The Hall–Kier alpha value is -4.11. The van der Waals surface area contributed by atoms with Crippen molar-refractivity contribution in [2.45, 2.75) is 92.2 Å². The second kappa shape index (κ2) is 15.6. The second-order valence-corrected chi connectivity index (χ2v) is 12.3. The number of rotatable bonds is 14. The van der Waals surface area contributed by atoms with Crippen molar-refractivity contribution in [1.29, 1.82) is 0 Å². The first-order valence-corrected chi connectivity index (χ1v) is 16.8. The molecule has 0 unspecified atom stereocenters. The Morgan fingerprint density at radius 3 is 1.30 bits per heavy atom. The SMILES string of the molecule is CCCCCC[n+]1ccc(-c2cc(-c3ccc(C)cc3)[n+](-c3cc[n+](CCCCCC)cc3)c(-c3ccc(C)cc3)c2)cc1. The molecule has 2 aromatic carbocycles. The highest BCUT2D eigenvalue weighted by Gasteiger charge is 2.26. The summed E-state index contributed by atoms with van der Waals surface area (Å²) in [6.07, 6.45) is 19.2. The zero-order valence-electron chi connectivity index (χ0n) is 27.3. The molecular weight excluding hydrogens is 534 g/mol. The van der Waals surface area contributed by atoms with E-state index in [2.05, 4.69) is 151 Å². The van der Waals surface area contributed by atoms with Crippen LogP contribution in [0.25, 0.3) is 39.3 Å². The van der Waals surface area contributed by atoms with Gasteiger partial charge in [0.1, 0.15) is 13.1 Å². The van der Waals surface area contributed by atoms with E-state index in [-0.39, 0.29) is 0 Å². The summed E-state index contributed by atoms with van der Waals surface area (Å²) in [6, 6.07) is 31.8. The van der Waals surface area contributed by atoms with Crippen molar-refractivity contribution in [3.63, 3.8) is 0 Å². The predicted octanol–water partition coefficient (Wildman–Crippen LogP) is 9.32. The smallest absolute Gasteiger partial charge is 0.205 e. The quantitative estimate of drug-likeness (QED) is 0.0910. The van der Waals surface area contributed by atoms with Gasteiger partial charge in [0.05, 0.1) is 12.1 Å². The highest BCUT2D eigenvalue weighted by Crippen LogP contribution is 2.30. The first kappa shape index (κ1) is 31.3. The van der Waals surface area contributed by atoms with E-state index < -0.39 is 0 Å². The second-order valence-electron chi connectivity index (χ2n) is 12.3. The zero-order chi connectivity index (χ0) is 30.7. The number of nitrogens with zero attached hydrogens (tertiary/aromatic N) is 3. The Balaban J connectivity index is 1.61. The van der Waals surface area contributed by atoms with Gasteiger partial charge in [-0.1, -0.05) is 74.9 Å². The molecular formula is C41H50N3+3. The average molecular weight is 585 g/mol. The Morgan fingerprint density at radius 1 is 0.432 bits per heavy atom. The van der Waals surface area contributed by atoms with Crippen molar-refractivity contribution < 1.29 is 13.7 Å². The summed E-state index contributed by atoms with van der Waals surface area (Å²) in [5, 5.41) is 0. The maximum absolute atomic E-state index is 2.44. The molecule has 0 N–H and O–H groups in total. The van der Waals surface area contributed by atoms with Gasteiger partial charge >= 0.3 is 0 Å². The van der Waals surface area contributed by atoms with Crippen LogP contribution in [-0.2, 0) is 13.1 Å². The van der Waals surface area contributed by atoms with Crippen LogP contribution in [0.4, 0.5) is 0 Å². The molecule has 0 radical (unpaired) electrons. The third kappa shape index (κ3) is 8.08. The van der Waals surface area contributed by atoms with Gasteiger partial charge in [-0.15, -0.1) is 0 Å². The van der Waals surface area contributed by atoms with Gasteiger partial charge < -0.3 is 0 Å². The van der Waals surface area contributed by atoms with Gasteiger partial charge in [0, 0.05) is 48.2 Å². The molecule has 0 aliphatic carbocycles. The van der Waals surface area contributed by atoms with Crippen molar-refractivity contribution in [2.24, 2.45) is 0 Å². The largest absolute Gasteiger partial charge is 0.223 e. The summed E-state index contributed by atoms with van der Waals surface area (Å²) < 4.78 is 7.09. The maximum atomic E-state index is 2.44. The van der Waals surface area contributed by atoms with Crippen LogP contribution in [0.15, 0.2) is 110 Å². The minimum Gasteiger partial charge on any atom is -0.205 e. The van der Waals surface area contributed by atoms with Gasteiger partial charge in [-0.25, -0.2) is 9.13 Å². The van der Waals surface area contributed by atoms with Crippen LogP contribution < -0.4 is 13.7 Å². The lowest BCUT2D eigenvalue weighted by Crippen LogP contribution is -2.39. The number of benzene rings is 2. The third-order valence-electron chi connectivity index (χ3n) is 8.66. The molecule has 0 saturated heterocycles. The van der Waals surface area contributed by atoms with E-state index >= 15 is 0 Å². The maximum Gasteiger partial charge on any atom is 0.223 e. The predicted molar refractivity (Wildman–Crippen MR) is 182 cm³/mol. The summed E-state index contributed by atoms with van der Waals surface area (Å²) in [7, 11) is 0. The fraction of sp³-hybridized carbons (Fsp3) is 0.341. The van der Waals surface area contributed by atoms with Crippen LogP contribution >= 0.6 is 0 Å². The Morgan fingerprint density at radius 2 is 0.864 bits per heavy atom. The molecule has 0 bridgehead atoms. The van der Waals surface area contributed by atoms with Gasteiger partial charge in [-0.3, -0.25) is 0 Å². The van der Waals surface area contributed by atoms with Gasteiger partial charge in [0.15, 0.2) is 24.8 Å². The molecule has 0 amide bonds. The van der Waals surface area contributed by atoms with E-state index in [9.17, 15) is 0 Å². The molecule has 226 valence electrons. The normalized spacial score (nSPS) is 11.2. The number of pyridine rings is 3. The van der Waals surface area contributed by atoms with Crippen molar-refractivity contribution in [3.05, 3.63) is 121 Å². The average Bonchev–Trinajstić information content (AvgIpc) is 3.06. The highest BCUT2D eigenvalue weighted by atomic mass is 15.0. The molecule has 0 aliphatic rings. The number of aromatic nitrogens is 3. The molecule has 5 aromatic rings. The van der Waals surface area contributed by atoms with Crippen molar-refractivity contribution in [2.75, 3.05) is 0 Å². The van der Waals surface area contributed by atoms with E-state index in [1.54, 1.807) is 0 Å². The molecule has 44 heavy (non-hydrogen) atoms. The van der Waals surface area contributed by atoms with Gasteiger partial charge in [0.2, 0.25) is 17.1 Å². The number of hydrogen-bond acceptors (Lipinski definition) is 0. The minimum absolute atomic E-state index is 1.06. The first-order valence-electron chi connectivity index (χ1n) is 16.8. The van der Waals surface area contributed by atoms with E-state index in [0.29, 0.717) is 0 Å². The van der Waals surface area contributed by atoms with Gasteiger partial charge in [-0.2, -0.15) is 4.57 Å². The lowest BCUT2D eigenvalue weighted by atomic mass is 9.98. The summed E-state index contributed by atoms with van der Waals surface area (Å²) in [5.74, 6) is 0. The molecule has 3 aromatic heterocycles. The van der Waals surface area contributed by atoms with Crippen molar-refractivity contribution in [1.82, 2.24) is 0 Å². The first-order chi connectivity index (χ1) is 21.6. The molecule has 3 heterocycles. The highest BCUT2D eigenvalue weighted by molar-refractivity contribution is 5.74. The fourth-order valence-corrected chi connectivity index (χ4v) is 5.90. The zero-order valence-corrected chi connectivity index (χ0v) is 27.3. The van der Waals surface area contributed by atoms with Crippen molar-refractivity contribution >= 4 is 0 Å². The number of unbranched alkanes of at least 4 members (excludes halogenated alkanes) is 6. The van der Waals surface area contributed by atoms with Crippen LogP contribution in [0.1, 0.15) is 76.3 Å². The monoisotopic (exact) mass is 584 g/mol. The molecule has 0 fully saturated rings. The third-order valence-corrected chi connectivity index (χ3v) is 8.66. The molecule has 3 nitrogen and oxygen atoms in total. The Labute approximate surface area is 265 Å². The molecule has 0 spiro atoms. The van der Waals surface area contributed by atoms with Gasteiger partial charge in [0.25, 0.3) is 0 Å². The number of hydrogen-bond donors (Lipinski definition) is 0. The van der Waals surface area contributed by atoms with E-state index in [1.165, 1.54) is 102 Å². The topological polar surface area (TPSA) is 11.6 Å². The van der Waals surface area contributed by atoms with E-state index in [1.807, 2.05) is 0 Å². The van der Waals surface area contributed by atoms with E-state index in [4.69, 9.17) is 0 Å². The summed E-state index contributed by atoms with van der Waals surface area (Å²) in [6.45, 7) is 11.0. The standard InChI is InChI=1S/C41H50N3/c1-5-7-9-11-25-42-27-21-35(22-28-42)38-31-40(36-17-13-33(3)14-18-36)44(41(32-38)37-19-15-34(4)16-20-37)39-23-29-43(30-24-39)26-12-10-8-6-2/h13-24,27-32H,5-12,25-26H2,1-4H3/q+3. The Kier molecular flexibility index (Phi) is 11.1. The lowest BCUT2D eigenvalue weighted by molar-refractivity contribution is -0.698. The van der Waals surface area contributed by atoms with E-state index in [0.717, 1.165) is 13.1 Å². The molecule has 0 aliphatic heterocycles. The summed E-state index contributed by atoms with van der Waals surface area (Å²) in [5.41, 5.74) is 11.0. The molecule has 0 atom stereocenters. The molecule has 3 heteroatoms. The van der Waals surface area contributed by atoms with Crippen LogP contribution in [0.3, 0.4) is 0 Å². The Bertz CT molecular complexity index is 1530. The molecule has 0 saturated carbocycles. The lowest BCUT2D eigenvalue weighted by Gasteiger charge is -2.12. The van der Waals surface area contributed by atoms with Crippen molar-refractivity contribution in [3.8, 4) is 39.3 Å². The summed E-state index contributed by atoms with van der Waals surface area (Å²) >= 11 is 0. The molecule has 5 rings (SSSR count). The van der Waals surface area contributed by atoms with Crippen LogP contribution in [0.5, 0.6) is 0 Å². The minimum atomic E-state index is 1.06.